The summed E-state index contributed by atoms with van der Waals surface area (Å²) in [4.78, 5) is 18.2. The van der Waals surface area contributed by atoms with E-state index >= 15 is 0 Å². The van der Waals surface area contributed by atoms with Crippen LogP contribution in [0.2, 0.25) is 0 Å². The molecular weight excluding hydrogens is 238 g/mol. The number of nitrogens with zero attached hydrogens (tertiary/aromatic N) is 2. The quantitative estimate of drug-likeness (QED) is 0.861. The number of thiazole rings is 1. The molecule has 1 N–H and O–H groups in total. The van der Waals surface area contributed by atoms with Gasteiger partial charge in [0.2, 0.25) is 0 Å². The van der Waals surface area contributed by atoms with E-state index in [-0.39, 0.29) is 5.91 Å². The first-order valence-corrected chi connectivity index (χ1v) is 6.70. The Hall–Kier alpha value is -0.980. The van der Waals surface area contributed by atoms with E-state index < -0.39 is 0 Å². The first-order chi connectivity index (χ1) is 8.29. The maximum Gasteiger partial charge on any atom is 0.270 e. The van der Waals surface area contributed by atoms with Crippen molar-refractivity contribution in [1.29, 1.82) is 0 Å². The zero-order chi connectivity index (χ0) is 12.1. The molecule has 2 rings (SSSR count). The van der Waals surface area contributed by atoms with Crippen LogP contribution in [0.5, 0.6) is 0 Å². The van der Waals surface area contributed by atoms with Crippen LogP contribution in [0.15, 0.2) is 5.38 Å². The van der Waals surface area contributed by atoms with Crippen molar-refractivity contribution >= 4 is 17.2 Å². The first-order valence-electron chi connectivity index (χ1n) is 5.82. The third-order valence-corrected chi connectivity index (χ3v) is 3.42. The molecule has 1 saturated heterocycles. The van der Waals surface area contributed by atoms with Crippen molar-refractivity contribution in [3.63, 3.8) is 0 Å². The highest BCUT2D eigenvalue weighted by atomic mass is 32.1. The number of rotatable bonds is 4. The van der Waals surface area contributed by atoms with Gasteiger partial charge in [-0.25, -0.2) is 4.98 Å². The van der Waals surface area contributed by atoms with Gasteiger partial charge in [-0.05, 0) is 6.92 Å². The van der Waals surface area contributed by atoms with Gasteiger partial charge in [0.15, 0.2) is 0 Å². The molecule has 1 amide bonds. The van der Waals surface area contributed by atoms with Crippen molar-refractivity contribution in [1.82, 2.24) is 15.2 Å². The number of carbonyl (C=O) groups excluding carboxylic acids is 1. The fourth-order valence-corrected chi connectivity index (χ4v) is 2.51. The number of nitrogens with one attached hydrogen (secondary N) is 1. The highest BCUT2D eigenvalue weighted by molar-refractivity contribution is 7.09. The van der Waals surface area contributed by atoms with Gasteiger partial charge in [0.25, 0.3) is 5.91 Å². The van der Waals surface area contributed by atoms with E-state index in [9.17, 15) is 4.79 Å². The molecule has 0 aliphatic carbocycles. The predicted octanol–water partition coefficient (Wildman–Crippen LogP) is 0.725. The Morgan fingerprint density at radius 2 is 2.35 bits per heavy atom. The van der Waals surface area contributed by atoms with E-state index in [1.807, 2.05) is 12.3 Å². The monoisotopic (exact) mass is 255 g/mol. The number of carbonyl (C=O) groups is 1. The topological polar surface area (TPSA) is 54.5 Å². The highest BCUT2D eigenvalue weighted by Gasteiger charge is 2.14. The minimum atomic E-state index is -0.0861. The molecule has 0 atom stereocenters. The lowest BCUT2D eigenvalue weighted by atomic mass is 10.4. The van der Waals surface area contributed by atoms with Crippen molar-refractivity contribution in [3.05, 3.63) is 16.1 Å². The third kappa shape index (κ3) is 3.49. The van der Waals surface area contributed by atoms with Crippen LogP contribution in [-0.4, -0.2) is 48.6 Å². The van der Waals surface area contributed by atoms with E-state index in [2.05, 4.69) is 15.2 Å². The summed E-state index contributed by atoms with van der Waals surface area (Å²) < 4.78 is 5.29. The summed E-state index contributed by atoms with van der Waals surface area (Å²) in [6.07, 6.45) is 0. The molecule has 0 spiro atoms. The average molecular weight is 255 g/mol. The minimum Gasteiger partial charge on any atom is -0.379 e. The molecule has 6 heteroatoms. The Bertz CT molecular complexity index is 375. The molecule has 1 fully saturated rings. The van der Waals surface area contributed by atoms with Gasteiger partial charge < -0.3 is 10.1 Å². The Morgan fingerprint density at radius 3 is 3.06 bits per heavy atom. The fourth-order valence-electron chi connectivity index (χ4n) is 1.69. The summed E-state index contributed by atoms with van der Waals surface area (Å²) in [6, 6.07) is 0. The molecule has 0 radical (unpaired) electrons. The lowest BCUT2D eigenvalue weighted by Gasteiger charge is -2.25. The number of hydrogen-bond acceptors (Lipinski definition) is 5. The van der Waals surface area contributed by atoms with Crippen LogP contribution in [-0.2, 0) is 11.3 Å². The number of ether oxygens (including phenoxy) is 1. The van der Waals surface area contributed by atoms with E-state index in [0.717, 1.165) is 37.9 Å². The van der Waals surface area contributed by atoms with Crippen LogP contribution < -0.4 is 5.32 Å². The standard InChI is InChI=1S/C11H17N3O2S/c1-2-12-11(15)9-8-17-10(13-9)7-14-3-5-16-6-4-14/h8H,2-7H2,1H3,(H,12,15). The number of amides is 1. The van der Waals surface area contributed by atoms with Crippen LogP contribution in [0.25, 0.3) is 0 Å². The summed E-state index contributed by atoms with van der Waals surface area (Å²) >= 11 is 1.54. The normalized spacial score (nSPS) is 17.0. The lowest BCUT2D eigenvalue weighted by molar-refractivity contribution is 0.0341. The summed E-state index contributed by atoms with van der Waals surface area (Å²) in [5, 5.41) is 5.56. The molecular formula is C11H17N3O2S. The first kappa shape index (κ1) is 12.5. The molecule has 5 nitrogen and oxygen atoms in total. The fraction of sp³-hybridized carbons (Fsp3) is 0.636. The number of aromatic nitrogens is 1. The maximum absolute atomic E-state index is 11.5. The van der Waals surface area contributed by atoms with Gasteiger partial charge in [-0.2, -0.15) is 0 Å². The van der Waals surface area contributed by atoms with Gasteiger partial charge in [0.1, 0.15) is 10.7 Å². The van der Waals surface area contributed by atoms with Crippen LogP contribution in [0.3, 0.4) is 0 Å². The zero-order valence-corrected chi connectivity index (χ0v) is 10.8. The van der Waals surface area contributed by atoms with Gasteiger partial charge in [-0.15, -0.1) is 11.3 Å². The Kier molecular flexibility index (Phi) is 4.47. The van der Waals surface area contributed by atoms with E-state index in [0.29, 0.717) is 12.2 Å². The molecule has 1 aromatic heterocycles. The van der Waals surface area contributed by atoms with Crippen molar-refractivity contribution in [2.24, 2.45) is 0 Å². The van der Waals surface area contributed by atoms with Crippen molar-refractivity contribution in [2.45, 2.75) is 13.5 Å². The van der Waals surface area contributed by atoms with Crippen molar-refractivity contribution in [3.8, 4) is 0 Å². The van der Waals surface area contributed by atoms with E-state index in [1.165, 1.54) is 0 Å². The smallest absolute Gasteiger partial charge is 0.270 e. The van der Waals surface area contributed by atoms with Crippen LogP contribution >= 0.6 is 11.3 Å². The molecule has 94 valence electrons. The molecule has 0 unspecified atom stereocenters. The largest absolute Gasteiger partial charge is 0.379 e. The molecule has 1 aliphatic heterocycles. The molecule has 17 heavy (non-hydrogen) atoms. The Labute approximate surface area is 105 Å². The van der Waals surface area contributed by atoms with E-state index in [1.54, 1.807) is 11.3 Å². The molecule has 0 saturated carbocycles. The molecule has 2 heterocycles. The van der Waals surface area contributed by atoms with Crippen molar-refractivity contribution in [2.75, 3.05) is 32.8 Å². The summed E-state index contributed by atoms with van der Waals surface area (Å²) in [7, 11) is 0. The molecule has 0 aromatic carbocycles. The number of morpholine rings is 1. The van der Waals surface area contributed by atoms with Crippen LogP contribution in [0.1, 0.15) is 22.4 Å². The second kappa shape index (κ2) is 6.09. The summed E-state index contributed by atoms with van der Waals surface area (Å²) in [5.74, 6) is -0.0861. The second-order valence-corrected chi connectivity index (χ2v) is 4.82. The second-order valence-electron chi connectivity index (χ2n) is 3.87. The SMILES string of the molecule is CCNC(=O)c1csc(CN2CCOCC2)n1. The molecule has 0 bridgehead atoms. The maximum atomic E-state index is 11.5. The van der Waals surface area contributed by atoms with Gasteiger partial charge in [-0.3, -0.25) is 9.69 Å². The highest BCUT2D eigenvalue weighted by Crippen LogP contribution is 2.13. The van der Waals surface area contributed by atoms with Crippen LogP contribution in [0.4, 0.5) is 0 Å². The van der Waals surface area contributed by atoms with Gasteiger partial charge in [-0.1, -0.05) is 0 Å². The minimum absolute atomic E-state index is 0.0861. The number of hydrogen-bond donors (Lipinski definition) is 1. The average Bonchev–Trinajstić information content (AvgIpc) is 2.79. The molecule has 1 aromatic rings. The summed E-state index contributed by atoms with van der Waals surface area (Å²) in [5.41, 5.74) is 0.528. The Morgan fingerprint density at radius 1 is 1.59 bits per heavy atom. The van der Waals surface area contributed by atoms with Crippen LogP contribution in [0, 0.1) is 0 Å². The van der Waals surface area contributed by atoms with Gasteiger partial charge >= 0.3 is 0 Å². The lowest BCUT2D eigenvalue weighted by Crippen LogP contribution is -2.35. The summed E-state index contributed by atoms with van der Waals surface area (Å²) in [6.45, 7) is 6.80. The van der Waals surface area contributed by atoms with Crippen molar-refractivity contribution < 1.29 is 9.53 Å². The third-order valence-electron chi connectivity index (χ3n) is 2.58. The molecule has 1 aliphatic rings. The van der Waals surface area contributed by atoms with Gasteiger partial charge in [0.05, 0.1) is 19.8 Å². The Balaban J connectivity index is 1.91. The zero-order valence-electron chi connectivity index (χ0n) is 9.94. The van der Waals surface area contributed by atoms with E-state index in [4.69, 9.17) is 4.74 Å². The predicted molar refractivity (Wildman–Crippen MR) is 66.2 cm³/mol. The van der Waals surface area contributed by atoms with Gasteiger partial charge in [0, 0.05) is 25.0 Å².